The van der Waals surface area contributed by atoms with Crippen molar-refractivity contribution in [2.24, 2.45) is 0 Å². The first-order valence-electron chi connectivity index (χ1n) is 6.18. The Labute approximate surface area is 98.2 Å². The van der Waals surface area contributed by atoms with Gasteiger partial charge in [-0.1, -0.05) is 0 Å². The van der Waals surface area contributed by atoms with E-state index in [1.807, 2.05) is 4.90 Å². The van der Waals surface area contributed by atoms with Crippen LogP contribution in [0.15, 0.2) is 0 Å². The topological polar surface area (TPSA) is 43.8 Å². The Kier molecular flexibility index (Phi) is 5.22. The molecule has 16 heavy (non-hydrogen) atoms. The largest absolute Gasteiger partial charge is 0.395 e. The first-order chi connectivity index (χ1) is 7.56. The summed E-state index contributed by atoms with van der Waals surface area (Å²) in [7, 11) is 0. The lowest BCUT2D eigenvalue weighted by Crippen LogP contribution is -2.52. The molecule has 0 radical (unpaired) electrons. The molecule has 0 unspecified atom stereocenters. The number of carbonyl (C=O) groups excluding carboxylic acids is 1. The van der Waals surface area contributed by atoms with Crippen LogP contribution in [0.3, 0.4) is 0 Å². The van der Waals surface area contributed by atoms with Gasteiger partial charge in [0.05, 0.1) is 6.61 Å². The molecule has 1 N–H and O–H groups in total. The number of β-amino-alcohol motifs (C(OH)–C–C–N with tert-alkyl or cyclic N) is 1. The number of likely N-dealkylation sites (tertiary alicyclic amines) is 1. The van der Waals surface area contributed by atoms with E-state index < -0.39 is 0 Å². The van der Waals surface area contributed by atoms with Gasteiger partial charge in [-0.3, -0.25) is 9.69 Å². The molecule has 94 valence electrons. The summed E-state index contributed by atoms with van der Waals surface area (Å²) in [6.07, 6.45) is 2.20. The third-order valence-electron chi connectivity index (χ3n) is 3.21. The van der Waals surface area contributed by atoms with Crippen LogP contribution in [0.4, 0.5) is 0 Å². The van der Waals surface area contributed by atoms with Crippen LogP contribution in [-0.2, 0) is 4.79 Å². The molecule has 0 spiro atoms. The Morgan fingerprint density at radius 1 is 1.56 bits per heavy atom. The van der Waals surface area contributed by atoms with Crippen molar-refractivity contribution in [1.29, 1.82) is 0 Å². The minimum absolute atomic E-state index is 0.158. The van der Waals surface area contributed by atoms with E-state index >= 15 is 0 Å². The van der Waals surface area contributed by atoms with Gasteiger partial charge in [0.2, 0.25) is 5.91 Å². The molecule has 0 aliphatic carbocycles. The Hall–Kier alpha value is -0.610. The quantitative estimate of drug-likeness (QED) is 0.770. The average Bonchev–Trinajstić information content (AvgIpc) is 2.17. The minimum Gasteiger partial charge on any atom is -0.395 e. The predicted octanol–water partition coefficient (Wildman–Crippen LogP) is 0.700. The maximum absolute atomic E-state index is 11.6. The smallest absolute Gasteiger partial charge is 0.219 e. The van der Waals surface area contributed by atoms with Crippen molar-refractivity contribution in [2.45, 2.75) is 45.7 Å². The second kappa shape index (κ2) is 6.21. The van der Waals surface area contributed by atoms with E-state index in [1.165, 1.54) is 0 Å². The summed E-state index contributed by atoms with van der Waals surface area (Å²) in [5.41, 5.74) is 0. The molecule has 0 bridgehead atoms. The summed E-state index contributed by atoms with van der Waals surface area (Å²) in [6.45, 7) is 8.64. The molecule has 0 saturated carbocycles. The molecule has 0 aromatic carbocycles. The molecule has 1 saturated heterocycles. The van der Waals surface area contributed by atoms with Crippen LogP contribution in [0.25, 0.3) is 0 Å². The number of aliphatic hydroxyl groups is 1. The van der Waals surface area contributed by atoms with Gasteiger partial charge >= 0.3 is 0 Å². The van der Waals surface area contributed by atoms with Crippen LogP contribution in [-0.4, -0.2) is 59.1 Å². The van der Waals surface area contributed by atoms with Gasteiger partial charge in [-0.15, -0.1) is 0 Å². The Bertz CT molecular complexity index is 229. The van der Waals surface area contributed by atoms with Gasteiger partial charge in [-0.05, 0) is 33.2 Å². The van der Waals surface area contributed by atoms with Crippen molar-refractivity contribution in [3.63, 3.8) is 0 Å². The highest BCUT2D eigenvalue weighted by Gasteiger charge is 2.28. The Morgan fingerprint density at radius 3 is 2.75 bits per heavy atom. The zero-order chi connectivity index (χ0) is 12.1. The summed E-state index contributed by atoms with van der Waals surface area (Å²) in [4.78, 5) is 15.8. The zero-order valence-electron chi connectivity index (χ0n) is 10.6. The normalized spacial score (nSPS) is 22.4. The van der Waals surface area contributed by atoms with Crippen LogP contribution in [0.5, 0.6) is 0 Å². The van der Waals surface area contributed by atoms with E-state index in [0.29, 0.717) is 6.04 Å². The van der Waals surface area contributed by atoms with E-state index in [9.17, 15) is 4.79 Å². The van der Waals surface area contributed by atoms with Gasteiger partial charge in [0.15, 0.2) is 0 Å². The molecule has 1 aliphatic rings. The molecule has 1 amide bonds. The molecule has 1 rings (SSSR count). The molecule has 1 aliphatic heterocycles. The highest BCUT2D eigenvalue weighted by atomic mass is 16.3. The third kappa shape index (κ3) is 3.46. The first kappa shape index (κ1) is 13.5. The molecular formula is C12H24N2O2. The fraction of sp³-hybridized carbons (Fsp3) is 0.917. The van der Waals surface area contributed by atoms with Gasteiger partial charge in [0.25, 0.3) is 0 Å². The fourth-order valence-electron chi connectivity index (χ4n) is 2.65. The molecular weight excluding hydrogens is 204 g/mol. The summed E-state index contributed by atoms with van der Waals surface area (Å²) in [5.74, 6) is 0.158. The van der Waals surface area contributed by atoms with Gasteiger partial charge in [0, 0.05) is 32.1 Å². The summed E-state index contributed by atoms with van der Waals surface area (Å²) >= 11 is 0. The van der Waals surface area contributed by atoms with Crippen molar-refractivity contribution in [2.75, 3.05) is 26.2 Å². The number of rotatable bonds is 4. The van der Waals surface area contributed by atoms with Crippen LogP contribution in [0, 0.1) is 0 Å². The van der Waals surface area contributed by atoms with Crippen molar-refractivity contribution in [1.82, 2.24) is 9.80 Å². The molecule has 1 atom stereocenters. The van der Waals surface area contributed by atoms with E-state index in [0.717, 1.165) is 32.5 Å². The molecule has 1 heterocycles. The average molecular weight is 228 g/mol. The van der Waals surface area contributed by atoms with E-state index in [1.54, 1.807) is 6.92 Å². The maximum Gasteiger partial charge on any atom is 0.219 e. The Balaban J connectivity index is 2.59. The Morgan fingerprint density at radius 2 is 2.25 bits per heavy atom. The van der Waals surface area contributed by atoms with Crippen molar-refractivity contribution in [3.8, 4) is 0 Å². The lowest BCUT2D eigenvalue weighted by Gasteiger charge is -2.40. The van der Waals surface area contributed by atoms with Crippen LogP contribution < -0.4 is 0 Å². The zero-order valence-corrected chi connectivity index (χ0v) is 10.6. The number of carbonyl (C=O) groups is 1. The van der Waals surface area contributed by atoms with Crippen molar-refractivity contribution in [3.05, 3.63) is 0 Å². The molecule has 4 heteroatoms. The van der Waals surface area contributed by atoms with Crippen LogP contribution >= 0.6 is 0 Å². The summed E-state index contributed by atoms with van der Waals surface area (Å²) < 4.78 is 0. The summed E-state index contributed by atoms with van der Waals surface area (Å²) in [6, 6.07) is 0.578. The van der Waals surface area contributed by atoms with E-state index in [-0.39, 0.29) is 18.6 Å². The second-order valence-electron chi connectivity index (χ2n) is 4.84. The first-order valence-corrected chi connectivity index (χ1v) is 6.18. The number of hydrogen-bond donors (Lipinski definition) is 1. The SMILES string of the molecule is CC(=O)N(C(C)C)[C@@H]1CCCN(CCO)C1. The lowest BCUT2D eigenvalue weighted by atomic mass is 10.0. The number of amides is 1. The lowest BCUT2D eigenvalue weighted by molar-refractivity contribution is -0.134. The third-order valence-corrected chi connectivity index (χ3v) is 3.21. The second-order valence-corrected chi connectivity index (χ2v) is 4.84. The van der Waals surface area contributed by atoms with Crippen LogP contribution in [0.1, 0.15) is 33.6 Å². The number of piperidine rings is 1. The monoisotopic (exact) mass is 228 g/mol. The van der Waals surface area contributed by atoms with Gasteiger partial charge < -0.3 is 10.0 Å². The molecule has 4 nitrogen and oxygen atoms in total. The van der Waals surface area contributed by atoms with Crippen molar-refractivity contribution >= 4 is 5.91 Å². The highest BCUT2D eigenvalue weighted by Crippen LogP contribution is 2.18. The van der Waals surface area contributed by atoms with Crippen molar-refractivity contribution < 1.29 is 9.90 Å². The molecule has 0 aromatic rings. The predicted molar refractivity (Wildman–Crippen MR) is 64.2 cm³/mol. The standard InChI is InChI=1S/C12H24N2O2/c1-10(2)14(11(3)16)12-5-4-6-13(9-12)7-8-15/h10,12,15H,4-9H2,1-3H3/t12-/m1/s1. The molecule has 0 aromatic heterocycles. The van der Waals surface area contributed by atoms with E-state index in [4.69, 9.17) is 5.11 Å². The number of aliphatic hydroxyl groups excluding tert-OH is 1. The maximum atomic E-state index is 11.6. The van der Waals surface area contributed by atoms with Gasteiger partial charge in [-0.2, -0.15) is 0 Å². The minimum atomic E-state index is 0.158. The number of nitrogens with zero attached hydrogens (tertiary/aromatic N) is 2. The van der Waals surface area contributed by atoms with E-state index in [2.05, 4.69) is 18.7 Å². The van der Waals surface area contributed by atoms with Crippen LogP contribution in [0.2, 0.25) is 0 Å². The molecule has 1 fully saturated rings. The highest BCUT2D eigenvalue weighted by molar-refractivity contribution is 5.74. The van der Waals surface area contributed by atoms with Gasteiger partial charge in [-0.25, -0.2) is 0 Å². The number of hydrogen-bond acceptors (Lipinski definition) is 3. The van der Waals surface area contributed by atoms with Gasteiger partial charge in [0.1, 0.15) is 0 Å². The fourth-order valence-corrected chi connectivity index (χ4v) is 2.65. The summed E-state index contributed by atoms with van der Waals surface area (Å²) in [5, 5.41) is 8.94.